The fourth-order valence-electron chi connectivity index (χ4n) is 2.28. The van der Waals surface area contributed by atoms with Gasteiger partial charge in [0.05, 0.1) is 13.2 Å². The van der Waals surface area contributed by atoms with Crippen LogP contribution in [-0.4, -0.2) is 51.2 Å². The molecule has 0 spiro atoms. The van der Waals surface area contributed by atoms with Crippen LogP contribution in [0.2, 0.25) is 0 Å². The van der Waals surface area contributed by atoms with Gasteiger partial charge in [0.25, 0.3) is 5.91 Å². The lowest BCUT2D eigenvalue weighted by molar-refractivity contribution is 0.0977. The third kappa shape index (κ3) is 8.47. The van der Waals surface area contributed by atoms with Gasteiger partial charge in [-0.25, -0.2) is 0 Å². The van der Waals surface area contributed by atoms with E-state index in [0.29, 0.717) is 44.3 Å². The van der Waals surface area contributed by atoms with Gasteiger partial charge >= 0.3 is 0 Å². The number of thiocarbonyl (C=S) groups is 1. The van der Waals surface area contributed by atoms with Crippen molar-refractivity contribution in [3.8, 4) is 11.5 Å². The van der Waals surface area contributed by atoms with E-state index in [1.807, 2.05) is 31.2 Å². The quantitative estimate of drug-likeness (QED) is 0.428. The van der Waals surface area contributed by atoms with Gasteiger partial charge in [-0.1, -0.05) is 0 Å². The molecule has 0 unspecified atom stereocenters. The molecule has 29 heavy (non-hydrogen) atoms. The van der Waals surface area contributed by atoms with Crippen LogP contribution in [0.25, 0.3) is 0 Å². The Balaban J connectivity index is 1.78. The smallest absolute Gasteiger partial charge is 0.257 e. The zero-order valence-corrected chi connectivity index (χ0v) is 17.4. The summed E-state index contributed by atoms with van der Waals surface area (Å²) in [5.74, 6) is 1.10. The molecule has 0 aliphatic carbocycles. The van der Waals surface area contributed by atoms with E-state index in [4.69, 9.17) is 31.2 Å². The third-order valence-corrected chi connectivity index (χ3v) is 3.92. The average molecular weight is 419 g/mol. The van der Waals surface area contributed by atoms with Gasteiger partial charge in [-0.3, -0.25) is 10.1 Å². The molecule has 7 nitrogen and oxygen atoms in total. The number of ether oxygens (including phenoxy) is 4. The monoisotopic (exact) mass is 418 g/mol. The standard InChI is InChI=1S/C21H26N2O5S/c1-3-26-13-15-28-19-10-6-17(7-11-19)22-21(29)23-20(24)16-4-8-18(9-5-16)27-14-12-25-2/h4-11H,3,12-15H2,1-2H3,(H2,22,23,24,29). The molecular formula is C21H26N2O5S. The number of hydrogen-bond donors (Lipinski definition) is 2. The molecule has 0 atom stereocenters. The Kier molecular flexibility index (Phi) is 9.91. The zero-order valence-electron chi connectivity index (χ0n) is 16.6. The lowest BCUT2D eigenvalue weighted by Gasteiger charge is -2.11. The summed E-state index contributed by atoms with van der Waals surface area (Å²) in [7, 11) is 1.61. The van der Waals surface area contributed by atoms with Crippen molar-refractivity contribution in [1.82, 2.24) is 5.32 Å². The van der Waals surface area contributed by atoms with Gasteiger partial charge in [0.1, 0.15) is 24.7 Å². The Hall–Kier alpha value is -2.68. The normalized spacial score (nSPS) is 10.3. The minimum atomic E-state index is -0.304. The Morgan fingerprint density at radius 1 is 0.897 bits per heavy atom. The van der Waals surface area contributed by atoms with Crippen molar-refractivity contribution < 1.29 is 23.7 Å². The van der Waals surface area contributed by atoms with Crippen LogP contribution in [0, 0.1) is 0 Å². The van der Waals surface area contributed by atoms with Crippen molar-refractivity contribution in [1.29, 1.82) is 0 Å². The molecule has 0 saturated heterocycles. The number of carbonyl (C=O) groups is 1. The van der Waals surface area contributed by atoms with E-state index < -0.39 is 0 Å². The molecule has 0 aliphatic rings. The van der Waals surface area contributed by atoms with Gasteiger partial charge in [0, 0.05) is 25.0 Å². The fraction of sp³-hybridized carbons (Fsp3) is 0.333. The second-order valence-corrected chi connectivity index (χ2v) is 6.25. The highest BCUT2D eigenvalue weighted by molar-refractivity contribution is 7.80. The summed E-state index contributed by atoms with van der Waals surface area (Å²) in [6.07, 6.45) is 0. The first-order chi connectivity index (χ1) is 14.1. The van der Waals surface area contributed by atoms with Gasteiger partial charge in [-0.2, -0.15) is 0 Å². The van der Waals surface area contributed by atoms with Gasteiger partial charge < -0.3 is 24.3 Å². The van der Waals surface area contributed by atoms with Crippen LogP contribution in [-0.2, 0) is 9.47 Å². The van der Waals surface area contributed by atoms with Crippen molar-refractivity contribution in [2.75, 3.05) is 45.5 Å². The second-order valence-electron chi connectivity index (χ2n) is 5.84. The predicted molar refractivity (Wildman–Crippen MR) is 116 cm³/mol. The first kappa shape index (κ1) is 22.6. The van der Waals surface area contributed by atoms with E-state index in [1.54, 1.807) is 31.4 Å². The summed E-state index contributed by atoms with van der Waals surface area (Å²) in [6, 6.07) is 14.1. The highest BCUT2D eigenvalue weighted by atomic mass is 32.1. The lowest BCUT2D eigenvalue weighted by atomic mass is 10.2. The van der Waals surface area contributed by atoms with Crippen LogP contribution in [0.15, 0.2) is 48.5 Å². The molecule has 8 heteroatoms. The van der Waals surface area contributed by atoms with Gasteiger partial charge in [0.15, 0.2) is 5.11 Å². The average Bonchev–Trinajstić information content (AvgIpc) is 2.73. The molecule has 1 amide bonds. The molecule has 0 aliphatic heterocycles. The van der Waals surface area contributed by atoms with Gasteiger partial charge in [0.2, 0.25) is 0 Å². The highest BCUT2D eigenvalue weighted by Crippen LogP contribution is 2.16. The van der Waals surface area contributed by atoms with Crippen LogP contribution in [0.4, 0.5) is 5.69 Å². The fourth-order valence-corrected chi connectivity index (χ4v) is 2.49. The number of amides is 1. The summed E-state index contributed by atoms with van der Waals surface area (Å²) >= 11 is 5.21. The molecule has 2 aromatic carbocycles. The summed E-state index contributed by atoms with van der Waals surface area (Å²) in [6.45, 7) is 4.60. The van der Waals surface area contributed by atoms with Gasteiger partial charge in [-0.05, 0) is 67.7 Å². The zero-order chi connectivity index (χ0) is 20.9. The number of nitrogens with one attached hydrogen (secondary N) is 2. The molecule has 0 aromatic heterocycles. The number of methoxy groups -OCH3 is 1. The van der Waals surface area contributed by atoms with E-state index in [9.17, 15) is 4.79 Å². The van der Waals surface area contributed by atoms with Crippen molar-refractivity contribution in [3.05, 3.63) is 54.1 Å². The first-order valence-electron chi connectivity index (χ1n) is 9.27. The van der Waals surface area contributed by atoms with Crippen molar-refractivity contribution in [2.24, 2.45) is 0 Å². The SMILES string of the molecule is CCOCCOc1ccc(NC(=S)NC(=O)c2ccc(OCCOC)cc2)cc1. The summed E-state index contributed by atoms with van der Waals surface area (Å²) < 4.78 is 21.2. The molecule has 0 heterocycles. The van der Waals surface area contributed by atoms with Crippen LogP contribution in [0.5, 0.6) is 11.5 Å². The Morgan fingerprint density at radius 3 is 2.07 bits per heavy atom. The molecule has 0 saturated carbocycles. The van der Waals surface area contributed by atoms with Crippen molar-refractivity contribution in [2.45, 2.75) is 6.92 Å². The Labute approximate surface area is 176 Å². The van der Waals surface area contributed by atoms with E-state index in [0.717, 1.165) is 11.4 Å². The maximum atomic E-state index is 12.3. The van der Waals surface area contributed by atoms with Crippen LogP contribution >= 0.6 is 12.2 Å². The largest absolute Gasteiger partial charge is 0.491 e. The van der Waals surface area contributed by atoms with E-state index in [-0.39, 0.29) is 11.0 Å². The van der Waals surface area contributed by atoms with Crippen LogP contribution in [0.1, 0.15) is 17.3 Å². The molecular weight excluding hydrogens is 392 g/mol. The van der Waals surface area contributed by atoms with E-state index >= 15 is 0 Å². The highest BCUT2D eigenvalue weighted by Gasteiger charge is 2.08. The maximum absolute atomic E-state index is 12.3. The molecule has 2 N–H and O–H groups in total. The summed E-state index contributed by atoms with van der Waals surface area (Å²) in [4.78, 5) is 12.3. The predicted octanol–water partition coefficient (Wildman–Crippen LogP) is 3.25. The minimum absolute atomic E-state index is 0.209. The molecule has 0 fully saturated rings. The number of rotatable bonds is 11. The van der Waals surface area contributed by atoms with Crippen molar-refractivity contribution in [3.63, 3.8) is 0 Å². The number of benzene rings is 2. The maximum Gasteiger partial charge on any atom is 0.257 e. The molecule has 2 aromatic rings. The molecule has 156 valence electrons. The Morgan fingerprint density at radius 2 is 1.48 bits per heavy atom. The molecule has 0 radical (unpaired) electrons. The number of hydrogen-bond acceptors (Lipinski definition) is 6. The Bertz CT molecular complexity index is 766. The summed E-state index contributed by atoms with van der Waals surface area (Å²) in [5, 5.41) is 5.83. The second kappa shape index (κ2) is 12.7. The van der Waals surface area contributed by atoms with Gasteiger partial charge in [-0.15, -0.1) is 0 Å². The van der Waals surface area contributed by atoms with E-state index in [1.165, 1.54) is 0 Å². The minimum Gasteiger partial charge on any atom is -0.491 e. The number of carbonyl (C=O) groups excluding carboxylic acids is 1. The lowest BCUT2D eigenvalue weighted by Crippen LogP contribution is -2.34. The topological polar surface area (TPSA) is 78.1 Å². The summed E-state index contributed by atoms with van der Waals surface area (Å²) in [5.41, 5.74) is 1.22. The number of anilines is 1. The molecule has 0 bridgehead atoms. The van der Waals surface area contributed by atoms with Crippen molar-refractivity contribution >= 4 is 28.9 Å². The third-order valence-electron chi connectivity index (χ3n) is 3.71. The first-order valence-corrected chi connectivity index (χ1v) is 9.68. The van der Waals surface area contributed by atoms with E-state index in [2.05, 4.69) is 10.6 Å². The molecule has 2 rings (SSSR count). The van der Waals surface area contributed by atoms with Crippen LogP contribution < -0.4 is 20.1 Å². The van der Waals surface area contributed by atoms with Crippen LogP contribution in [0.3, 0.4) is 0 Å².